The first-order valence-corrected chi connectivity index (χ1v) is 11.7. The monoisotopic (exact) mass is 529 g/mol. The molecule has 0 aliphatic rings. The number of benzene rings is 2. The van der Waals surface area contributed by atoms with Gasteiger partial charge in [0.15, 0.2) is 0 Å². The zero-order valence-electron chi connectivity index (χ0n) is 17.9. The highest BCUT2D eigenvalue weighted by atomic mass is 79.9. The first kappa shape index (κ1) is 25.5. The van der Waals surface area contributed by atoms with Gasteiger partial charge in [-0.3, -0.25) is 10.1 Å². The molecule has 0 amide bonds. The van der Waals surface area contributed by atoms with Crippen LogP contribution in [0.1, 0.15) is 44.4 Å². The smallest absolute Gasteiger partial charge is 0.292 e. The average Bonchev–Trinajstić information content (AvgIpc) is 2.69. The fourth-order valence-electron chi connectivity index (χ4n) is 2.73. The molecule has 2 rings (SSSR count). The van der Waals surface area contributed by atoms with E-state index in [9.17, 15) is 14.7 Å². The molecule has 0 spiro atoms. The van der Waals surface area contributed by atoms with Crippen LogP contribution in [-0.2, 0) is 11.4 Å². The number of nitrogens with one attached hydrogen (secondary N) is 1. The fourth-order valence-corrected chi connectivity index (χ4v) is 4.29. The van der Waals surface area contributed by atoms with Crippen molar-refractivity contribution in [2.45, 2.75) is 44.9 Å². The quantitative estimate of drug-likeness (QED) is 0.184. The van der Waals surface area contributed by atoms with E-state index in [0.29, 0.717) is 17.2 Å². The summed E-state index contributed by atoms with van der Waals surface area (Å²) < 4.78 is 22.0. The maximum atomic E-state index is 12.3. The summed E-state index contributed by atoms with van der Waals surface area (Å²) in [5, 5.41) is 15.3. The molecule has 2 aromatic carbocycles. The number of ether oxygens (including phenoxy) is 1. The second-order valence-corrected chi connectivity index (χ2v) is 10.9. The summed E-state index contributed by atoms with van der Waals surface area (Å²) in [5.41, 5.74) is 1.87. The molecular formula is C21H25BrClN3O4S. The number of nitro groups is 1. The van der Waals surface area contributed by atoms with Crippen LogP contribution in [0.25, 0.3) is 0 Å². The molecule has 1 N–H and O–H groups in total. The highest BCUT2D eigenvalue weighted by Crippen LogP contribution is 2.39. The van der Waals surface area contributed by atoms with Crippen molar-refractivity contribution in [3.05, 3.63) is 61.1 Å². The Bertz CT molecular complexity index is 982. The number of aryl methyl sites for hydroxylation is 1. The summed E-state index contributed by atoms with van der Waals surface area (Å²) in [6.07, 6.45) is 1.87. The molecule has 31 heavy (non-hydrogen) atoms. The zero-order valence-corrected chi connectivity index (χ0v) is 21.1. The van der Waals surface area contributed by atoms with E-state index in [2.05, 4.69) is 25.6 Å². The number of rotatable bonds is 8. The number of anilines is 1. The van der Waals surface area contributed by atoms with Crippen LogP contribution in [0.15, 0.2) is 39.2 Å². The van der Waals surface area contributed by atoms with Gasteiger partial charge in [0.1, 0.15) is 27.5 Å². The van der Waals surface area contributed by atoms with Crippen LogP contribution in [0.5, 0.6) is 5.75 Å². The van der Waals surface area contributed by atoms with E-state index in [4.69, 9.17) is 16.3 Å². The maximum absolute atomic E-state index is 12.3. The third kappa shape index (κ3) is 6.58. The predicted molar refractivity (Wildman–Crippen MR) is 131 cm³/mol. The summed E-state index contributed by atoms with van der Waals surface area (Å²) in [4.78, 5) is 11.1. The Hall–Kier alpha value is -1.81. The lowest BCUT2D eigenvalue weighted by Gasteiger charge is -2.23. The number of halogens is 2. The minimum absolute atomic E-state index is 0.0964. The van der Waals surface area contributed by atoms with Crippen LogP contribution < -0.4 is 10.1 Å². The molecule has 0 saturated heterocycles. The maximum Gasteiger partial charge on any atom is 0.292 e. The van der Waals surface area contributed by atoms with Gasteiger partial charge in [0, 0.05) is 33.6 Å². The van der Waals surface area contributed by atoms with Crippen LogP contribution in [0.2, 0.25) is 5.02 Å². The van der Waals surface area contributed by atoms with E-state index in [1.807, 2.05) is 33.8 Å². The summed E-state index contributed by atoms with van der Waals surface area (Å²) in [6.45, 7) is 7.44. The molecule has 0 saturated carbocycles. The number of nitrogens with zero attached hydrogens (tertiary/aromatic N) is 2. The van der Waals surface area contributed by atoms with E-state index >= 15 is 0 Å². The first-order valence-electron chi connectivity index (χ1n) is 9.43. The number of hydrogen-bond donors (Lipinski definition) is 1. The van der Waals surface area contributed by atoms with Gasteiger partial charge in [-0.2, -0.15) is 0 Å². The molecule has 168 valence electrons. The molecule has 2 aromatic rings. The predicted octanol–water partition coefficient (Wildman–Crippen LogP) is 6.40. The minimum Gasteiger partial charge on any atom is -0.591 e. The second-order valence-electron chi connectivity index (χ2n) is 7.81. The van der Waals surface area contributed by atoms with Gasteiger partial charge in [0.2, 0.25) is 0 Å². The number of hydrogen-bond acceptors (Lipinski definition) is 6. The first-order chi connectivity index (χ1) is 14.5. The highest BCUT2D eigenvalue weighted by Gasteiger charge is 2.27. The molecule has 7 nitrogen and oxygen atoms in total. The normalized spacial score (nSPS) is 13.8. The molecule has 10 heteroatoms. The van der Waals surface area contributed by atoms with Crippen LogP contribution in [0.4, 0.5) is 11.4 Å². The third-order valence-corrected chi connectivity index (χ3v) is 7.20. The molecule has 1 unspecified atom stereocenters. The Balaban J connectivity index is 2.50. The molecule has 2 atom stereocenters. The van der Waals surface area contributed by atoms with Gasteiger partial charge >= 0.3 is 0 Å². The molecule has 0 fully saturated rings. The summed E-state index contributed by atoms with van der Waals surface area (Å²) in [5.74, 6) is 0.476. The van der Waals surface area contributed by atoms with Crippen molar-refractivity contribution in [2.75, 3.05) is 12.4 Å². The Labute approximate surface area is 198 Å². The van der Waals surface area contributed by atoms with Gasteiger partial charge in [-0.15, -0.1) is 0 Å². The van der Waals surface area contributed by atoms with Gasteiger partial charge in [0.25, 0.3) is 5.69 Å². The standard InChI is InChI=1S/C21H25BrClN3O4S/c1-13-6-8-15(23)19(20(13)22)16(10-11-24-31(29)21(2,3)4)25-17-12-14(30-5)7-9-18(17)26(27)28/h6-9,11-12,16,25H,10H2,1-5H3/t16-,31?/m1/s1. The summed E-state index contributed by atoms with van der Waals surface area (Å²) in [6, 6.07) is 7.65. The van der Waals surface area contributed by atoms with E-state index in [1.54, 1.807) is 18.3 Å². The number of nitro benzene ring substituents is 1. The van der Waals surface area contributed by atoms with Crippen molar-refractivity contribution in [1.82, 2.24) is 0 Å². The van der Waals surface area contributed by atoms with Crippen LogP contribution in [-0.4, -0.2) is 27.5 Å². The van der Waals surface area contributed by atoms with Crippen molar-refractivity contribution in [1.29, 1.82) is 0 Å². The Kier molecular flexibility index (Phi) is 8.76. The average molecular weight is 531 g/mol. The van der Waals surface area contributed by atoms with Gasteiger partial charge in [-0.1, -0.05) is 38.0 Å². The van der Waals surface area contributed by atoms with E-state index in [1.165, 1.54) is 19.2 Å². The second kappa shape index (κ2) is 10.7. The fraction of sp³-hybridized carbons (Fsp3) is 0.381. The Morgan fingerprint density at radius 3 is 2.61 bits per heavy atom. The van der Waals surface area contributed by atoms with Crippen molar-refractivity contribution >= 4 is 56.5 Å². The Morgan fingerprint density at radius 2 is 2.03 bits per heavy atom. The van der Waals surface area contributed by atoms with Gasteiger partial charge in [-0.05, 0) is 45.4 Å². The molecule has 0 heterocycles. The lowest BCUT2D eigenvalue weighted by atomic mass is 10.0. The van der Waals surface area contributed by atoms with E-state index < -0.39 is 27.1 Å². The van der Waals surface area contributed by atoms with E-state index in [-0.39, 0.29) is 11.4 Å². The molecule has 0 aromatic heterocycles. The molecule has 0 aliphatic carbocycles. The van der Waals surface area contributed by atoms with Crippen molar-refractivity contribution in [3.8, 4) is 5.75 Å². The van der Waals surface area contributed by atoms with Gasteiger partial charge in [-0.25, -0.2) is 0 Å². The molecule has 0 aliphatic heterocycles. The molecule has 0 radical (unpaired) electrons. The lowest BCUT2D eigenvalue weighted by Crippen LogP contribution is -2.26. The zero-order chi connectivity index (χ0) is 23.3. The summed E-state index contributed by atoms with van der Waals surface area (Å²) in [7, 11) is 1.49. The minimum atomic E-state index is -1.42. The van der Waals surface area contributed by atoms with Crippen LogP contribution in [0, 0.1) is 17.0 Å². The topological polar surface area (TPSA) is 99.8 Å². The Morgan fingerprint density at radius 1 is 1.35 bits per heavy atom. The highest BCUT2D eigenvalue weighted by molar-refractivity contribution is 9.10. The van der Waals surface area contributed by atoms with E-state index in [0.717, 1.165) is 15.6 Å². The summed E-state index contributed by atoms with van der Waals surface area (Å²) >= 11 is 8.67. The molecular weight excluding hydrogens is 506 g/mol. The van der Waals surface area contributed by atoms with Gasteiger partial charge in [0.05, 0.1) is 24.3 Å². The van der Waals surface area contributed by atoms with Gasteiger partial charge < -0.3 is 14.6 Å². The van der Waals surface area contributed by atoms with Crippen molar-refractivity contribution < 1.29 is 14.2 Å². The SMILES string of the molecule is COc1ccc([N+](=O)[O-])c(N[C@H](CC=N[S+]([O-])C(C)(C)C)c2c(Cl)ccc(C)c2Br)c1. The van der Waals surface area contributed by atoms with Crippen LogP contribution in [0.3, 0.4) is 0 Å². The number of methoxy groups -OCH3 is 1. The lowest BCUT2D eigenvalue weighted by molar-refractivity contribution is -0.384. The molecule has 0 bridgehead atoms. The third-order valence-electron chi connectivity index (χ3n) is 4.43. The van der Waals surface area contributed by atoms with Crippen molar-refractivity contribution in [3.63, 3.8) is 0 Å². The van der Waals surface area contributed by atoms with Crippen LogP contribution >= 0.6 is 27.5 Å². The van der Waals surface area contributed by atoms with Crippen molar-refractivity contribution in [2.24, 2.45) is 4.40 Å². The largest absolute Gasteiger partial charge is 0.591 e.